The highest BCUT2D eigenvalue weighted by molar-refractivity contribution is 7.89. The van der Waals surface area contributed by atoms with E-state index in [4.69, 9.17) is 0 Å². The minimum atomic E-state index is -3.62. The van der Waals surface area contributed by atoms with Gasteiger partial charge in [0, 0.05) is 26.6 Å². The molecule has 0 saturated carbocycles. The van der Waals surface area contributed by atoms with Crippen molar-refractivity contribution >= 4 is 10.0 Å². The van der Waals surface area contributed by atoms with Crippen molar-refractivity contribution in [3.63, 3.8) is 0 Å². The minimum absolute atomic E-state index is 0.0660. The van der Waals surface area contributed by atoms with Crippen LogP contribution in [0.1, 0.15) is 24.2 Å². The van der Waals surface area contributed by atoms with Gasteiger partial charge in [-0.05, 0) is 31.4 Å². The molecule has 1 aliphatic rings. The molecule has 0 radical (unpaired) electrons. The third kappa shape index (κ3) is 3.22. The van der Waals surface area contributed by atoms with Gasteiger partial charge in [-0.2, -0.15) is 4.31 Å². The number of sulfonamides is 1. The van der Waals surface area contributed by atoms with Crippen LogP contribution in [0.25, 0.3) is 0 Å². The molecule has 130 valence electrons. The molecule has 1 aromatic heterocycles. The lowest BCUT2D eigenvalue weighted by molar-refractivity contribution is -0.00932. The first-order valence-electron chi connectivity index (χ1n) is 7.93. The van der Waals surface area contributed by atoms with Crippen molar-refractivity contribution in [3.05, 3.63) is 42.0 Å². The number of nitrogens with zero attached hydrogens (tertiary/aromatic N) is 4. The minimum Gasteiger partial charge on any atom is -0.388 e. The van der Waals surface area contributed by atoms with Gasteiger partial charge in [-0.15, -0.1) is 10.2 Å². The van der Waals surface area contributed by atoms with Crippen LogP contribution in [0.4, 0.5) is 0 Å². The average Bonchev–Trinajstić information content (AvgIpc) is 2.92. The Bertz CT molecular complexity index is 833. The fourth-order valence-corrected chi connectivity index (χ4v) is 4.95. The first-order chi connectivity index (χ1) is 11.3. The van der Waals surface area contributed by atoms with Gasteiger partial charge in [0.1, 0.15) is 12.2 Å². The van der Waals surface area contributed by atoms with Crippen LogP contribution in [0.3, 0.4) is 0 Å². The fourth-order valence-electron chi connectivity index (χ4n) is 3.17. The van der Waals surface area contributed by atoms with Gasteiger partial charge in [0.15, 0.2) is 0 Å². The van der Waals surface area contributed by atoms with Gasteiger partial charge in [0.2, 0.25) is 10.0 Å². The maximum Gasteiger partial charge on any atom is 0.243 e. The predicted molar refractivity (Wildman–Crippen MR) is 88.8 cm³/mol. The second kappa shape index (κ2) is 6.27. The smallest absolute Gasteiger partial charge is 0.243 e. The maximum absolute atomic E-state index is 12.9. The summed E-state index contributed by atoms with van der Waals surface area (Å²) in [4.78, 5) is 0.299. The van der Waals surface area contributed by atoms with E-state index in [9.17, 15) is 13.5 Å². The van der Waals surface area contributed by atoms with Gasteiger partial charge in [-0.1, -0.05) is 18.2 Å². The second-order valence-electron chi connectivity index (χ2n) is 6.47. The summed E-state index contributed by atoms with van der Waals surface area (Å²) in [6.45, 7) is 2.26. The Balaban J connectivity index is 1.85. The zero-order valence-electron chi connectivity index (χ0n) is 13.9. The van der Waals surface area contributed by atoms with Crippen molar-refractivity contribution in [2.75, 3.05) is 13.1 Å². The van der Waals surface area contributed by atoms with E-state index in [0.717, 1.165) is 0 Å². The molecule has 3 rings (SSSR count). The standard InChI is InChI=1S/C16H22N4O3S/c1-13-6-3-4-7-14(13)24(22,23)20-9-5-8-16(21,11-20)10-15-18-17-12-19(15)2/h3-4,6-7,12,21H,5,8-11H2,1-2H3. The van der Waals surface area contributed by atoms with Crippen LogP contribution in [0.5, 0.6) is 0 Å². The highest BCUT2D eigenvalue weighted by Gasteiger charge is 2.40. The summed E-state index contributed by atoms with van der Waals surface area (Å²) in [6, 6.07) is 6.92. The summed E-state index contributed by atoms with van der Waals surface area (Å²) in [5.41, 5.74) is -0.422. The summed E-state index contributed by atoms with van der Waals surface area (Å²) in [7, 11) is -1.81. The van der Waals surface area contributed by atoms with Gasteiger partial charge in [-0.25, -0.2) is 8.42 Å². The number of aryl methyl sites for hydroxylation is 2. The molecule has 1 N–H and O–H groups in total. The molecule has 7 nitrogen and oxygen atoms in total. The molecule has 24 heavy (non-hydrogen) atoms. The number of β-amino-alcohol motifs (C(OH)–C–C–N with tert-alkyl or cyclic N) is 1. The summed E-state index contributed by atoms with van der Waals surface area (Å²) < 4.78 is 29.0. The van der Waals surface area contributed by atoms with Crippen LogP contribution in [-0.4, -0.2) is 51.3 Å². The quantitative estimate of drug-likeness (QED) is 0.884. The number of aliphatic hydroxyl groups is 1. The Morgan fingerprint density at radius 2 is 2.08 bits per heavy atom. The van der Waals surface area contributed by atoms with Crippen molar-refractivity contribution in [1.82, 2.24) is 19.1 Å². The van der Waals surface area contributed by atoms with Crippen molar-refractivity contribution in [3.8, 4) is 0 Å². The third-order valence-electron chi connectivity index (χ3n) is 4.52. The highest BCUT2D eigenvalue weighted by atomic mass is 32.2. The molecule has 0 aliphatic carbocycles. The van der Waals surface area contributed by atoms with Crippen molar-refractivity contribution < 1.29 is 13.5 Å². The topological polar surface area (TPSA) is 88.3 Å². The molecule has 2 aromatic rings. The van der Waals surface area contributed by atoms with E-state index < -0.39 is 15.6 Å². The number of piperidine rings is 1. The van der Waals surface area contributed by atoms with Crippen LogP contribution >= 0.6 is 0 Å². The van der Waals surface area contributed by atoms with Gasteiger partial charge in [0.25, 0.3) is 0 Å². The van der Waals surface area contributed by atoms with Crippen LogP contribution in [0.15, 0.2) is 35.5 Å². The Kier molecular flexibility index (Phi) is 4.46. The second-order valence-corrected chi connectivity index (χ2v) is 8.37. The van der Waals surface area contributed by atoms with Gasteiger partial charge in [0.05, 0.1) is 10.5 Å². The predicted octanol–water partition coefficient (Wildman–Crippen LogP) is 0.882. The number of rotatable bonds is 4. The summed E-state index contributed by atoms with van der Waals surface area (Å²) in [5.74, 6) is 0.646. The maximum atomic E-state index is 12.9. The van der Waals surface area contributed by atoms with E-state index >= 15 is 0 Å². The number of hydrogen-bond donors (Lipinski definition) is 1. The van der Waals surface area contributed by atoms with E-state index in [2.05, 4.69) is 10.2 Å². The molecular formula is C16H22N4O3S. The third-order valence-corrected chi connectivity index (χ3v) is 6.53. The molecular weight excluding hydrogens is 328 g/mol. The lowest BCUT2D eigenvalue weighted by atomic mass is 9.90. The first kappa shape index (κ1) is 17.1. The molecule has 2 heterocycles. The molecule has 8 heteroatoms. The van der Waals surface area contributed by atoms with Gasteiger partial charge < -0.3 is 9.67 Å². The van der Waals surface area contributed by atoms with Crippen molar-refractivity contribution in [1.29, 1.82) is 0 Å². The van der Waals surface area contributed by atoms with E-state index in [1.807, 2.05) is 13.1 Å². The molecule has 0 bridgehead atoms. The monoisotopic (exact) mass is 350 g/mol. The van der Waals surface area contributed by atoms with Crippen LogP contribution in [-0.2, 0) is 23.5 Å². The van der Waals surface area contributed by atoms with Crippen LogP contribution in [0.2, 0.25) is 0 Å². The SMILES string of the molecule is Cc1ccccc1S(=O)(=O)N1CCCC(O)(Cc2nncn2C)C1. The molecule has 1 saturated heterocycles. The average molecular weight is 350 g/mol. The zero-order valence-corrected chi connectivity index (χ0v) is 14.7. The lowest BCUT2D eigenvalue weighted by Gasteiger charge is -2.38. The lowest BCUT2D eigenvalue weighted by Crippen LogP contribution is -2.51. The highest BCUT2D eigenvalue weighted by Crippen LogP contribution is 2.29. The van der Waals surface area contributed by atoms with E-state index in [1.54, 1.807) is 36.0 Å². The fraction of sp³-hybridized carbons (Fsp3) is 0.500. The summed E-state index contributed by atoms with van der Waals surface area (Å²) in [5, 5.41) is 18.7. The Morgan fingerprint density at radius 3 is 2.75 bits per heavy atom. The molecule has 0 spiro atoms. The number of hydrogen-bond acceptors (Lipinski definition) is 5. The van der Waals surface area contributed by atoms with Crippen LogP contribution in [0, 0.1) is 6.92 Å². The number of aromatic nitrogens is 3. The Morgan fingerprint density at radius 1 is 1.33 bits per heavy atom. The molecule has 1 unspecified atom stereocenters. The molecule has 1 atom stereocenters. The molecule has 1 aromatic carbocycles. The molecule has 0 amide bonds. The van der Waals surface area contributed by atoms with Gasteiger partial charge in [-0.3, -0.25) is 0 Å². The van der Waals surface area contributed by atoms with Crippen LogP contribution < -0.4 is 0 Å². The van der Waals surface area contributed by atoms with E-state index in [0.29, 0.717) is 35.7 Å². The molecule has 1 fully saturated rings. The normalized spacial score (nSPS) is 22.6. The summed E-state index contributed by atoms with van der Waals surface area (Å²) in [6.07, 6.45) is 3.01. The molecule has 1 aliphatic heterocycles. The van der Waals surface area contributed by atoms with Crippen molar-refractivity contribution in [2.24, 2.45) is 7.05 Å². The van der Waals surface area contributed by atoms with E-state index in [1.165, 1.54) is 4.31 Å². The number of benzene rings is 1. The Labute approximate surface area is 142 Å². The van der Waals surface area contributed by atoms with E-state index in [-0.39, 0.29) is 13.0 Å². The zero-order chi connectivity index (χ0) is 17.4. The summed E-state index contributed by atoms with van der Waals surface area (Å²) >= 11 is 0. The van der Waals surface area contributed by atoms with Gasteiger partial charge >= 0.3 is 0 Å². The Hall–Kier alpha value is -1.77. The van der Waals surface area contributed by atoms with Crippen molar-refractivity contribution in [2.45, 2.75) is 36.7 Å². The first-order valence-corrected chi connectivity index (χ1v) is 9.37. The largest absolute Gasteiger partial charge is 0.388 e.